The van der Waals surface area contributed by atoms with Gasteiger partial charge in [-0.05, 0) is 67.8 Å². The Morgan fingerprint density at radius 1 is 0.750 bits per heavy atom. The molecule has 28 heavy (non-hydrogen) atoms. The number of carbonyl (C=O) groups is 2. The van der Waals surface area contributed by atoms with Gasteiger partial charge in [0.15, 0.2) is 0 Å². The van der Waals surface area contributed by atoms with E-state index in [1.807, 2.05) is 13.8 Å². The van der Waals surface area contributed by atoms with E-state index in [9.17, 15) is 9.59 Å². The summed E-state index contributed by atoms with van der Waals surface area (Å²) in [6, 6.07) is 13.0. The quantitative estimate of drug-likeness (QED) is 0.475. The van der Waals surface area contributed by atoms with Crippen LogP contribution in [0.25, 0.3) is 0 Å². The molecular weight excluding hydrogens is 399 g/mol. The van der Waals surface area contributed by atoms with Gasteiger partial charge in [-0.1, -0.05) is 37.0 Å². The van der Waals surface area contributed by atoms with E-state index in [-0.39, 0.29) is 6.10 Å². The van der Waals surface area contributed by atoms with Crippen molar-refractivity contribution in [1.82, 2.24) is 0 Å². The third kappa shape index (κ3) is 7.17. The van der Waals surface area contributed by atoms with Crippen molar-refractivity contribution in [2.45, 2.75) is 45.8 Å². The third-order valence-electron chi connectivity index (χ3n) is 4.07. The molecule has 0 fully saturated rings. The van der Waals surface area contributed by atoms with Gasteiger partial charge in [0.05, 0.1) is 11.1 Å². The largest absolute Gasteiger partial charge is 0.459 e. The maximum absolute atomic E-state index is 12.4. The summed E-state index contributed by atoms with van der Waals surface area (Å²) in [6.45, 7) is 5.89. The SMILES string of the molecule is CC(C)CC(CC(C)OC(=O)c1ccc(Cl)cc1)OC(=O)c1ccc(Cl)cc1. The van der Waals surface area contributed by atoms with Gasteiger partial charge in [0, 0.05) is 16.5 Å². The molecule has 2 rings (SSSR count). The zero-order chi connectivity index (χ0) is 20.7. The fourth-order valence-corrected chi connectivity index (χ4v) is 3.03. The van der Waals surface area contributed by atoms with E-state index < -0.39 is 18.0 Å². The highest BCUT2D eigenvalue weighted by Crippen LogP contribution is 2.19. The van der Waals surface area contributed by atoms with Gasteiger partial charge < -0.3 is 9.47 Å². The first-order valence-electron chi connectivity index (χ1n) is 9.17. The maximum atomic E-state index is 12.4. The first-order chi connectivity index (χ1) is 13.2. The van der Waals surface area contributed by atoms with Crippen molar-refractivity contribution in [3.05, 3.63) is 69.7 Å². The van der Waals surface area contributed by atoms with Crippen molar-refractivity contribution in [1.29, 1.82) is 0 Å². The predicted octanol–water partition coefficient (Wildman–Crippen LogP) is 6.20. The fourth-order valence-electron chi connectivity index (χ4n) is 2.78. The highest BCUT2D eigenvalue weighted by molar-refractivity contribution is 6.30. The van der Waals surface area contributed by atoms with Crippen molar-refractivity contribution in [2.24, 2.45) is 5.92 Å². The number of ether oxygens (including phenoxy) is 2. The van der Waals surface area contributed by atoms with Crippen LogP contribution < -0.4 is 0 Å². The molecule has 0 aliphatic rings. The van der Waals surface area contributed by atoms with Crippen LogP contribution in [-0.4, -0.2) is 24.1 Å². The first-order valence-corrected chi connectivity index (χ1v) is 9.93. The highest BCUT2D eigenvalue weighted by Gasteiger charge is 2.22. The average molecular weight is 423 g/mol. The summed E-state index contributed by atoms with van der Waals surface area (Å²) >= 11 is 11.7. The number of esters is 2. The zero-order valence-electron chi connectivity index (χ0n) is 16.2. The monoisotopic (exact) mass is 422 g/mol. The Kier molecular flexibility index (Phi) is 8.34. The third-order valence-corrected chi connectivity index (χ3v) is 4.57. The Labute approximate surface area is 175 Å². The number of carbonyl (C=O) groups excluding carboxylic acids is 2. The van der Waals surface area contributed by atoms with Crippen LogP contribution in [0.2, 0.25) is 10.0 Å². The predicted molar refractivity (Wildman–Crippen MR) is 111 cm³/mol. The second-order valence-corrected chi connectivity index (χ2v) is 8.00. The Balaban J connectivity index is 1.98. The molecule has 0 radical (unpaired) electrons. The minimum Gasteiger partial charge on any atom is -0.459 e. The van der Waals surface area contributed by atoms with Crippen LogP contribution in [-0.2, 0) is 9.47 Å². The fraction of sp³-hybridized carbons (Fsp3) is 0.364. The van der Waals surface area contributed by atoms with Crippen LogP contribution in [0.4, 0.5) is 0 Å². The maximum Gasteiger partial charge on any atom is 0.338 e. The Morgan fingerprint density at radius 2 is 1.18 bits per heavy atom. The van der Waals surface area contributed by atoms with Crippen LogP contribution in [0, 0.1) is 5.92 Å². The van der Waals surface area contributed by atoms with Crippen molar-refractivity contribution in [3.63, 3.8) is 0 Å². The van der Waals surface area contributed by atoms with Gasteiger partial charge in [-0.15, -0.1) is 0 Å². The lowest BCUT2D eigenvalue weighted by Gasteiger charge is -2.23. The molecule has 0 bridgehead atoms. The molecule has 2 aromatic rings. The average Bonchev–Trinajstić information content (AvgIpc) is 2.61. The van der Waals surface area contributed by atoms with E-state index in [4.69, 9.17) is 32.7 Å². The molecule has 0 amide bonds. The summed E-state index contributed by atoms with van der Waals surface area (Å²) < 4.78 is 11.2. The van der Waals surface area contributed by atoms with Crippen LogP contribution in [0.3, 0.4) is 0 Å². The molecule has 2 unspecified atom stereocenters. The molecule has 0 spiro atoms. The Hall–Kier alpha value is -2.04. The summed E-state index contributed by atoms with van der Waals surface area (Å²) in [5.41, 5.74) is 0.860. The number of benzene rings is 2. The van der Waals surface area contributed by atoms with Gasteiger partial charge in [0.2, 0.25) is 0 Å². The van der Waals surface area contributed by atoms with E-state index in [1.165, 1.54) is 0 Å². The van der Waals surface area contributed by atoms with Crippen molar-refractivity contribution >= 4 is 35.1 Å². The molecule has 0 N–H and O–H groups in total. The van der Waals surface area contributed by atoms with E-state index >= 15 is 0 Å². The van der Waals surface area contributed by atoms with E-state index in [0.29, 0.717) is 39.9 Å². The topological polar surface area (TPSA) is 52.6 Å². The molecule has 0 aromatic heterocycles. The normalized spacial score (nSPS) is 13.1. The molecule has 0 saturated carbocycles. The standard InChI is InChI=1S/C22H24Cl2O4/c1-14(2)12-20(28-22(26)17-6-10-19(24)11-7-17)13-15(3)27-21(25)16-4-8-18(23)9-5-16/h4-11,14-15,20H,12-13H2,1-3H3. The summed E-state index contributed by atoms with van der Waals surface area (Å²) in [5.74, 6) is -0.530. The molecule has 6 heteroatoms. The molecule has 2 aromatic carbocycles. The van der Waals surface area contributed by atoms with Gasteiger partial charge in [-0.25, -0.2) is 9.59 Å². The smallest absolute Gasteiger partial charge is 0.338 e. The number of rotatable bonds is 8. The molecular formula is C22H24Cl2O4. The van der Waals surface area contributed by atoms with Gasteiger partial charge >= 0.3 is 11.9 Å². The molecule has 0 aliphatic carbocycles. The molecule has 2 atom stereocenters. The van der Waals surface area contributed by atoms with E-state index in [0.717, 1.165) is 0 Å². The number of hydrogen-bond donors (Lipinski definition) is 0. The van der Waals surface area contributed by atoms with E-state index in [2.05, 4.69) is 0 Å². The second kappa shape index (κ2) is 10.5. The summed E-state index contributed by atoms with van der Waals surface area (Å²) in [7, 11) is 0. The summed E-state index contributed by atoms with van der Waals surface area (Å²) in [4.78, 5) is 24.7. The molecule has 150 valence electrons. The highest BCUT2D eigenvalue weighted by atomic mass is 35.5. The number of halogens is 2. The first kappa shape index (κ1) is 22.3. The van der Waals surface area contributed by atoms with Crippen molar-refractivity contribution in [2.75, 3.05) is 0 Å². The zero-order valence-corrected chi connectivity index (χ0v) is 17.7. The number of hydrogen-bond acceptors (Lipinski definition) is 4. The second-order valence-electron chi connectivity index (χ2n) is 7.12. The lowest BCUT2D eigenvalue weighted by atomic mass is 10.0. The molecule has 0 saturated heterocycles. The lowest BCUT2D eigenvalue weighted by molar-refractivity contribution is -0.000877. The Morgan fingerprint density at radius 3 is 1.61 bits per heavy atom. The molecule has 0 heterocycles. The van der Waals surface area contributed by atoms with Gasteiger partial charge in [-0.2, -0.15) is 0 Å². The lowest BCUT2D eigenvalue weighted by Crippen LogP contribution is -2.27. The van der Waals surface area contributed by atoms with Crippen LogP contribution in [0.15, 0.2) is 48.5 Å². The Bertz CT molecular complexity index is 785. The van der Waals surface area contributed by atoms with Crippen LogP contribution in [0.1, 0.15) is 54.3 Å². The van der Waals surface area contributed by atoms with Crippen LogP contribution >= 0.6 is 23.2 Å². The molecule has 0 aliphatic heterocycles. The van der Waals surface area contributed by atoms with Gasteiger partial charge in [0.25, 0.3) is 0 Å². The van der Waals surface area contributed by atoms with Crippen molar-refractivity contribution in [3.8, 4) is 0 Å². The minimum absolute atomic E-state index is 0.321. The summed E-state index contributed by atoms with van der Waals surface area (Å²) in [5, 5.41) is 1.11. The van der Waals surface area contributed by atoms with Gasteiger partial charge in [0.1, 0.15) is 12.2 Å². The summed E-state index contributed by atoms with van der Waals surface area (Å²) in [6.07, 6.45) is 0.306. The minimum atomic E-state index is -0.434. The van der Waals surface area contributed by atoms with Crippen molar-refractivity contribution < 1.29 is 19.1 Å². The molecule has 4 nitrogen and oxygen atoms in total. The van der Waals surface area contributed by atoms with E-state index in [1.54, 1.807) is 55.5 Å². The van der Waals surface area contributed by atoms with Gasteiger partial charge in [-0.3, -0.25) is 0 Å². The van der Waals surface area contributed by atoms with Crippen LogP contribution in [0.5, 0.6) is 0 Å².